The van der Waals surface area contributed by atoms with E-state index in [1.807, 2.05) is 0 Å². The molecule has 0 saturated heterocycles. The largest absolute Gasteiger partial charge is 0.417 e. The molecule has 0 amide bonds. The number of pyridine rings is 1. The Morgan fingerprint density at radius 3 is 2.21 bits per heavy atom. The highest BCUT2D eigenvalue weighted by molar-refractivity contribution is 5.62. The summed E-state index contributed by atoms with van der Waals surface area (Å²) in [7, 11) is 0. The SMILES string of the molecule is O=C=Nc1ccc(-c2ccc(C(F)(F)F)cn2)cc1. The highest BCUT2D eigenvalue weighted by atomic mass is 19.4. The van der Waals surface area contributed by atoms with Gasteiger partial charge >= 0.3 is 6.18 Å². The van der Waals surface area contributed by atoms with Gasteiger partial charge in [0.1, 0.15) is 0 Å². The van der Waals surface area contributed by atoms with Crippen LogP contribution in [0.4, 0.5) is 18.9 Å². The van der Waals surface area contributed by atoms with Crippen LogP contribution in [0.3, 0.4) is 0 Å². The van der Waals surface area contributed by atoms with Crippen LogP contribution in [0.1, 0.15) is 5.56 Å². The zero-order chi connectivity index (χ0) is 13.9. The monoisotopic (exact) mass is 264 g/mol. The quantitative estimate of drug-likeness (QED) is 0.612. The second-order valence-electron chi connectivity index (χ2n) is 3.68. The molecule has 2 rings (SSSR count). The number of nitrogens with zero attached hydrogens (tertiary/aromatic N) is 2. The van der Waals surface area contributed by atoms with Crippen LogP contribution in [0.2, 0.25) is 0 Å². The Labute approximate surface area is 106 Å². The first-order valence-corrected chi connectivity index (χ1v) is 5.22. The van der Waals surface area contributed by atoms with Gasteiger partial charge in [-0.1, -0.05) is 12.1 Å². The number of alkyl halides is 3. The van der Waals surface area contributed by atoms with Crippen molar-refractivity contribution >= 4 is 11.8 Å². The van der Waals surface area contributed by atoms with E-state index in [1.165, 1.54) is 12.1 Å². The Morgan fingerprint density at radius 2 is 1.74 bits per heavy atom. The van der Waals surface area contributed by atoms with Crippen molar-refractivity contribution in [3.8, 4) is 11.3 Å². The zero-order valence-corrected chi connectivity index (χ0v) is 9.48. The molecule has 0 N–H and O–H groups in total. The Bertz CT molecular complexity index is 612. The van der Waals surface area contributed by atoms with E-state index in [0.29, 0.717) is 16.9 Å². The molecule has 0 radical (unpaired) electrons. The molecule has 2 aromatic rings. The van der Waals surface area contributed by atoms with E-state index in [0.717, 1.165) is 12.3 Å². The Morgan fingerprint density at radius 1 is 1.05 bits per heavy atom. The number of hydrogen-bond acceptors (Lipinski definition) is 3. The van der Waals surface area contributed by atoms with E-state index in [-0.39, 0.29) is 0 Å². The highest BCUT2D eigenvalue weighted by Gasteiger charge is 2.30. The van der Waals surface area contributed by atoms with Crippen LogP contribution in [-0.2, 0) is 11.0 Å². The lowest BCUT2D eigenvalue weighted by atomic mass is 10.1. The topological polar surface area (TPSA) is 42.3 Å². The molecule has 1 heterocycles. The van der Waals surface area contributed by atoms with Crippen molar-refractivity contribution in [2.45, 2.75) is 6.18 Å². The first kappa shape index (κ1) is 13.0. The molecule has 0 spiro atoms. The molecule has 0 fully saturated rings. The maximum Gasteiger partial charge on any atom is 0.417 e. The fraction of sp³-hybridized carbons (Fsp3) is 0.0769. The molecule has 1 aromatic heterocycles. The molecule has 0 bridgehead atoms. The fourth-order valence-electron chi connectivity index (χ4n) is 1.49. The summed E-state index contributed by atoms with van der Waals surface area (Å²) in [5.41, 5.74) is 0.678. The maximum atomic E-state index is 12.4. The number of benzene rings is 1. The molecule has 6 heteroatoms. The average molecular weight is 264 g/mol. The van der Waals surface area contributed by atoms with Crippen LogP contribution in [0, 0.1) is 0 Å². The van der Waals surface area contributed by atoms with E-state index in [1.54, 1.807) is 24.3 Å². The second-order valence-corrected chi connectivity index (χ2v) is 3.68. The minimum Gasteiger partial charge on any atom is -0.256 e. The molecule has 0 aliphatic rings. The first-order valence-electron chi connectivity index (χ1n) is 5.22. The van der Waals surface area contributed by atoms with E-state index in [9.17, 15) is 18.0 Å². The summed E-state index contributed by atoms with van der Waals surface area (Å²) in [5.74, 6) is 0. The van der Waals surface area contributed by atoms with Gasteiger partial charge in [-0.25, -0.2) is 4.79 Å². The number of rotatable bonds is 2. The van der Waals surface area contributed by atoms with Gasteiger partial charge in [0, 0.05) is 11.8 Å². The van der Waals surface area contributed by atoms with Gasteiger partial charge < -0.3 is 0 Å². The predicted octanol–water partition coefficient (Wildman–Crippen LogP) is 3.73. The second kappa shape index (κ2) is 5.04. The van der Waals surface area contributed by atoms with E-state index in [4.69, 9.17) is 0 Å². The number of carbonyl (C=O) groups excluding carboxylic acids is 1. The summed E-state index contributed by atoms with van der Waals surface area (Å²) in [6, 6.07) is 8.61. The summed E-state index contributed by atoms with van der Waals surface area (Å²) in [6.45, 7) is 0. The normalized spacial score (nSPS) is 10.9. The molecule has 1 aromatic carbocycles. The van der Waals surface area contributed by atoms with Crippen molar-refractivity contribution in [3.05, 3.63) is 48.2 Å². The van der Waals surface area contributed by atoms with Crippen LogP contribution in [0.15, 0.2) is 47.6 Å². The molecular formula is C13H7F3N2O. The van der Waals surface area contributed by atoms with Crippen LogP contribution in [0.25, 0.3) is 11.3 Å². The molecule has 0 saturated carbocycles. The molecule has 19 heavy (non-hydrogen) atoms. The van der Waals surface area contributed by atoms with E-state index in [2.05, 4.69) is 9.98 Å². The van der Waals surface area contributed by atoms with Gasteiger partial charge in [0.2, 0.25) is 6.08 Å². The minimum absolute atomic E-state index is 0.412. The number of aromatic nitrogens is 1. The Kier molecular flexibility index (Phi) is 3.44. The summed E-state index contributed by atoms with van der Waals surface area (Å²) >= 11 is 0. The van der Waals surface area contributed by atoms with Gasteiger partial charge in [-0.05, 0) is 24.3 Å². The molecule has 0 unspecified atom stereocenters. The third-order valence-electron chi connectivity index (χ3n) is 2.43. The molecular weight excluding hydrogens is 257 g/mol. The molecule has 0 aliphatic heterocycles. The van der Waals surface area contributed by atoms with Gasteiger partial charge in [-0.15, -0.1) is 0 Å². The molecule has 0 aliphatic carbocycles. The lowest BCUT2D eigenvalue weighted by molar-refractivity contribution is -0.137. The van der Waals surface area contributed by atoms with Gasteiger partial charge in [0.25, 0.3) is 0 Å². The van der Waals surface area contributed by atoms with Crippen molar-refractivity contribution in [2.75, 3.05) is 0 Å². The Balaban J connectivity index is 2.29. The lowest BCUT2D eigenvalue weighted by Crippen LogP contribution is -2.05. The Hall–Kier alpha value is -2.46. The van der Waals surface area contributed by atoms with Gasteiger partial charge in [0.15, 0.2) is 0 Å². The molecule has 0 atom stereocenters. The van der Waals surface area contributed by atoms with E-state index >= 15 is 0 Å². The van der Waals surface area contributed by atoms with Crippen LogP contribution in [-0.4, -0.2) is 11.1 Å². The van der Waals surface area contributed by atoms with Gasteiger partial charge in [-0.3, -0.25) is 4.98 Å². The first-order chi connectivity index (χ1) is 9.00. The van der Waals surface area contributed by atoms with Crippen LogP contribution < -0.4 is 0 Å². The van der Waals surface area contributed by atoms with Crippen LogP contribution >= 0.6 is 0 Å². The van der Waals surface area contributed by atoms with Gasteiger partial charge in [0.05, 0.1) is 16.9 Å². The van der Waals surface area contributed by atoms with Crippen molar-refractivity contribution in [2.24, 2.45) is 4.99 Å². The fourth-order valence-corrected chi connectivity index (χ4v) is 1.49. The van der Waals surface area contributed by atoms with E-state index < -0.39 is 11.7 Å². The minimum atomic E-state index is -4.39. The van der Waals surface area contributed by atoms with Crippen molar-refractivity contribution in [1.82, 2.24) is 4.98 Å². The highest BCUT2D eigenvalue weighted by Crippen LogP contribution is 2.30. The number of isocyanates is 1. The van der Waals surface area contributed by atoms with Crippen LogP contribution in [0.5, 0.6) is 0 Å². The lowest BCUT2D eigenvalue weighted by Gasteiger charge is -2.07. The third-order valence-corrected chi connectivity index (χ3v) is 2.43. The smallest absolute Gasteiger partial charge is 0.256 e. The number of halogens is 3. The summed E-state index contributed by atoms with van der Waals surface area (Å²) in [6.07, 6.45) is -2.21. The van der Waals surface area contributed by atoms with Crippen molar-refractivity contribution in [3.63, 3.8) is 0 Å². The number of aliphatic imine (C=N–C) groups is 1. The average Bonchev–Trinajstić information content (AvgIpc) is 2.39. The zero-order valence-electron chi connectivity index (χ0n) is 9.48. The van der Waals surface area contributed by atoms with Gasteiger partial charge in [-0.2, -0.15) is 18.2 Å². The standard InChI is InChI=1S/C13H7F3N2O/c14-13(15,16)10-3-6-12(17-7-10)9-1-4-11(5-2-9)18-8-19/h1-7H. The maximum absolute atomic E-state index is 12.4. The predicted molar refractivity (Wildman–Crippen MR) is 62.5 cm³/mol. The van der Waals surface area contributed by atoms with Crippen molar-refractivity contribution in [1.29, 1.82) is 0 Å². The molecule has 3 nitrogen and oxygen atoms in total. The molecule has 96 valence electrons. The number of hydrogen-bond donors (Lipinski definition) is 0. The summed E-state index contributed by atoms with van der Waals surface area (Å²) < 4.78 is 37.1. The van der Waals surface area contributed by atoms with Crippen molar-refractivity contribution < 1.29 is 18.0 Å². The summed E-state index contributed by atoms with van der Waals surface area (Å²) in [5, 5.41) is 0. The third kappa shape index (κ3) is 3.05. The summed E-state index contributed by atoms with van der Waals surface area (Å²) in [4.78, 5) is 17.2.